The lowest BCUT2D eigenvalue weighted by Crippen LogP contribution is -3.00. The first kappa shape index (κ1) is 21.0. The summed E-state index contributed by atoms with van der Waals surface area (Å²) in [4.78, 5) is 0. The smallest absolute Gasteiger partial charge is 0.120 e. The van der Waals surface area contributed by atoms with Crippen LogP contribution in [0.4, 0.5) is 0 Å². The molecule has 0 heterocycles. The molecule has 2 N–H and O–H groups in total. The van der Waals surface area contributed by atoms with Crippen LogP contribution in [-0.2, 0) is 13.2 Å². The molecule has 0 bridgehead atoms. The Kier molecular flexibility index (Phi) is 8.34. The fourth-order valence-corrected chi connectivity index (χ4v) is 2.82. The lowest BCUT2D eigenvalue weighted by Gasteiger charge is -2.21. The molecule has 3 nitrogen and oxygen atoms in total. The molecule has 2 atom stereocenters. The molecule has 0 aliphatic heterocycles. The maximum Gasteiger partial charge on any atom is 0.120 e. The van der Waals surface area contributed by atoms with Gasteiger partial charge in [0.15, 0.2) is 0 Å². The van der Waals surface area contributed by atoms with Crippen LogP contribution >= 0.6 is 0 Å². The predicted molar refractivity (Wildman–Crippen MR) is 105 cm³/mol. The second kappa shape index (κ2) is 10.7. The third-order valence-corrected chi connectivity index (χ3v) is 4.39. The van der Waals surface area contributed by atoms with Gasteiger partial charge in [-0.05, 0) is 35.7 Å². The van der Waals surface area contributed by atoms with Gasteiger partial charge in [-0.2, -0.15) is 0 Å². The number of halogens is 1. The first-order chi connectivity index (χ1) is 12.7. The van der Waals surface area contributed by atoms with E-state index in [1.54, 1.807) is 0 Å². The van der Waals surface area contributed by atoms with Gasteiger partial charge in [0, 0.05) is 12.6 Å². The minimum absolute atomic E-state index is 0. The summed E-state index contributed by atoms with van der Waals surface area (Å²) in [6.07, 6.45) is -0.534. The van der Waals surface area contributed by atoms with E-state index in [0.29, 0.717) is 13.2 Å². The molecule has 0 saturated heterocycles. The van der Waals surface area contributed by atoms with Crippen molar-refractivity contribution in [2.45, 2.75) is 32.2 Å². The standard InChI is InChI=1S/C23H25NO2.ClH/c1-18(23(25)21-12-6-3-7-13-21)24-16-20-11-8-14-22(15-20)26-17-19-9-4-2-5-10-19;/h2-15,18,23-25H,16-17H2,1H3;1H/p-1. The van der Waals surface area contributed by atoms with E-state index in [-0.39, 0.29) is 18.4 Å². The molecule has 142 valence electrons. The van der Waals surface area contributed by atoms with E-state index in [9.17, 15) is 5.11 Å². The molecular formula is C23H25ClNO2-. The molecular weight excluding hydrogens is 358 g/mol. The van der Waals surface area contributed by atoms with Gasteiger partial charge >= 0.3 is 0 Å². The molecule has 0 aliphatic carbocycles. The first-order valence-electron chi connectivity index (χ1n) is 8.94. The maximum atomic E-state index is 10.4. The van der Waals surface area contributed by atoms with Crippen LogP contribution in [0.1, 0.15) is 29.7 Å². The lowest BCUT2D eigenvalue weighted by atomic mass is 10.0. The molecule has 0 amide bonds. The maximum absolute atomic E-state index is 10.4. The molecule has 0 saturated carbocycles. The van der Waals surface area contributed by atoms with Crippen LogP contribution in [0.25, 0.3) is 0 Å². The van der Waals surface area contributed by atoms with Crippen molar-refractivity contribution in [3.8, 4) is 5.75 Å². The summed E-state index contributed by atoms with van der Waals surface area (Å²) in [7, 11) is 0. The molecule has 2 unspecified atom stereocenters. The van der Waals surface area contributed by atoms with Crippen LogP contribution in [0.15, 0.2) is 84.9 Å². The monoisotopic (exact) mass is 382 g/mol. The third kappa shape index (κ3) is 6.40. The average Bonchev–Trinajstić information content (AvgIpc) is 2.71. The Balaban J connectivity index is 0.00000261. The van der Waals surface area contributed by atoms with E-state index in [1.165, 1.54) is 0 Å². The molecule has 0 fully saturated rings. The van der Waals surface area contributed by atoms with Gasteiger partial charge in [0.25, 0.3) is 0 Å². The first-order valence-corrected chi connectivity index (χ1v) is 8.94. The number of hydrogen-bond acceptors (Lipinski definition) is 3. The SMILES string of the molecule is CC(NCc1cccc(OCc2ccccc2)c1)C(O)c1ccccc1.[Cl-]. The summed E-state index contributed by atoms with van der Waals surface area (Å²) < 4.78 is 5.88. The van der Waals surface area contributed by atoms with Gasteiger partial charge in [0.1, 0.15) is 12.4 Å². The molecule has 4 heteroatoms. The molecule has 0 aliphatic rings. The topological polar surface area (TPSA) is 41.5 Å². The number of aliphatic hydroxyl groups is 1. The van der Waals surface area contributed by atoms with Crippen molar-refractivity contribution >= 4 is 0 Å². The minimum Gasteiger partial charge on any atom is -1.00 e. The Morgan fingerprint density at radius 1 is 0.852 bits per heavy atom. The highest BCUT2D eigenvalue weighted by Gasteiger charge is 2.15. The number of rotatable bonds is 8. The second-order valence-corrected chi connectivity index (χ2v) is 6.45. The predicted octanol–water partition coefficient (Wildman–Crippen LogP) is 1.48. The summed E-state index contributed by atoms with van der Waals surface area (Å²) in [5, 5.41) is 13.8. The zero-order chi connectivity index (χ0) is 18.2. The number of benzene rings is 3. The zero-order valence-corrected chi connectivity index (χ0v) is 16.1. The van der Waals surface area contributed by atoms with Crippen molar-refractivity contribution in [3.63, 3.8) is 0 Å². The molecule has 0 aromatic heterocycles. The lowest BCUT2D eigenvalue weighted by molar-refractivity contribution is -0.00000713. The fourth-order valence-electron chi connectivity index (χ4n) is 2.82. The molecule has 3 aromatic rings. The highest BCUT2D eigenvalue weighted by Crippen LogP contribution is 2.18. The zero-order valence-electron chi connectivity index (χ0n) is 15.4. The van der Waals surface area contributed by atoms with E-state index >= 15 is 0 Å². The van der Waals surface area contributed by atoms with Gasteiger partial charge in [-0.3, -0.25) is 0 Å². The summed E-state index contributed by atoms with van der Waals surface area (Å²) in [6, 6.07) is 27.9. The van der Waals surface area contributed by atoms with Gasteiger partial charge in [-0.1, -0.05) is 72.8 Å². The van der Waals surface area contributed by atoms with Crippen LogP contribution in [0.5, 0.6) is 5.75 Å². The summed E-state index contributed by atoms with van der Waals surface area (Å²) >= 11 is 0. The fraction of sp³-hybridized carbons (Fsp3) is 0.217. The van der Waals surface area contributed by atoms with Crippen molar-refractivity contribution < 1.29 is 22.3 Å². The third-order valence-electron chi connectivity index (χ3n) is 4.39. The second-order valence-electron chi connectivity index (χ2n) is 6.45. The van der Waals surface area contributed by atoms with E-state index in [1.807, 2.05) is 73.7 Å². The quantitative estimate of drug-likeness (QED) is 0.620. The van der Waals surface area contributed by atoms with Crippen molar-refractivity contribution in [1.29, 1.82) is 0 Å². The Labute approximate surface area is 167 Å². The van der Waals surface area contributed by atoms with E-state index < -0.39 is 6.10 Å². The number of ether oxygens (including phenoxy) is 1. The van der Waals surface area contributed by atoms with E-state index in [0.717, 1.165) is 22.4 Å². The molecule has 3 rings (SSSR count). The van der Waals surface area contributed by atoms with Crippen LogP contribution in [0.3, 0.4) is 0 Å². The highest BCUT2D eigenvalue weighted by atomic mass is 35.5. The summed E-state index contributed by atoms with van der Waals surface area (Å²) in [5.74, 6) is 0.851. The Morgan fingerprint density at radius 2 is 1.48 bits per heavy atom. The van der Waals surface area contributed by atoms with Crippen LogP contribution in [0, 0.1) is 0 Å². The molecule has 3 aromatic carbocycles. The van der Waals surface area contributed by atoms with E-state index in [4.69, 9.17) is 4.74 Å². The van der Waals surface area contributed by atoms with Crippen LogP contribution in [-0.4, -0.2) is 11.1 Å². The highest BCUT2D eigenvalue weighted by molar-refractivity contribution is 5.29. The van der Waals surface area contributed by atoms with Gasteiger partial charge in [0.2, 0.25) is 0 Å². The summed E-state index contributed by atoms with van der Waals surface area (Å²) in [6.45, 7) is 3.22. The van der Waals surface area contributed by atoms with Gasteiger partial charge < -0.3 is 27.6 Å². The Bertz CT molecular complexity index is 796. The average molecular weight is 383 g/mol. The van der Waals surface area contributed by atoms with Gasteiger partial charge in [0.05, 0.1) is 6.10 Å². The normalized spacial score (nSPS) is 12.7. The minimum atomic E-state index is -0.534. The summed E-state index contributed by atoms with van der Waals surface area (Å²) in [5.41, 5.74) is 3.20. The van der Waals surface area contributed by atoms with Crippen molar-refractivity contribution in [2.75, 3.05) is 0 Å². The Hall–Kier alpha value is -2.33. The van der Waals surface area contributed by atoms with E-state index in [2.05, 4.69) is 23.5 Å². The van der Waals surface area contributed by atoms with Crippen molar-refractivity contribution in [2.24, 2.45) is 0 Å². The van der Waals surface area contributed by atoms with Crippen molar-refractivity contribution in [3.05, 3.63) is 102 Å². The molecule has 0 spiro atoms. The van der Waals surface area contributed by atoms with Gasteiger partial charge in [-0.15, -0.1) is 0 Å². The largest absolute Gasteiger partial charge is 1.00 e. The van der Waals surface area contributed by atoms with Crippen LogP contribution < -0.4 is 22.5 Å². The van der Waals surface area contributed by atoms with Crippen LogP contribution in [0.2, 0.25) is 0 Å². The van der Waals surface area contributed by atoms with Gasteiger partial charge in [-0.25, -0.2) is 0 Å². The number of nitrogens with one attached hydrogen (secondary N) is 1. The molecule has 0 radical (unpaired) electrons. The Morgan fingerprint density at radius 3 is 2.19 bits per heavy atom. The van der Waals surface area contributed by atoms with Crippen molar-refractivity contribution in [1.82, 2.24) is 5.32 Å². The number of aliphatic hydroxyl groups excluding tert-OH is 1. The molecule has 27 heavy (non-hydrogen) atoms. The number of hydrogen-bond donors (Lipinski definition) is 2.